The quantitative estimate of drug-likeness (QED) is 0.154. The number of benzene rings is 9. The van der Waals surface area contributed by atoms with Gasteiger partial charge in [0.05, 0.1) is 17.1 Å². The van der Waals surface area contributed by atoms with Crippen molar-refractivity contribution in [1.82, 2.24) is 0 Å². The van der Waals surface area contributed by atoms with Crippen molar-refractivity contribution in [2.24, 2.45) is 0 Å². The van der Waals surface area contributed by atoms with Crippen LogP contribution in [0.5, 0.6) is 0 Å². The molecule has 11 rings (SSSR count). The minimum absolute atomic E-state index is 0.0881. The molecule has 0 saturated heterocycles. The molecule has 0 atom stereocenters. The maximum atomic E-state index is 2.55. The lowest BCUT2D eigenvalue weighted by molar-refractivity contribution is 0.299. The van der Waals surface area contributed by atoms with Crippen LogP contribution in [0.3, 0.4) is 0 Å². The third kappa shape index (κ3) is 5.64. The molecule has 0 bridgehead atoms. The van der Waals surface area contributed by atoms with Gasteiger partial charge in [-0.15, -0.1) is 0 Å². The van der Waals surface area contributed by atoms with Gasteiger partial charge in [0.15, 0.2) is 0 Å². The highest BCUT2D eigenvalue weighted by molar-refractivity contribution is 6.15. The lowest BCUT2D eigenvalue weighted by Gasteiger charge is -2.49. The van der Waals surface area contributed by atoms with E-state index in [0.29, 0.717) is 0 Å². The average Bonchev–Trinajstić information content (AvgIpc) is 3.31. The summed E-state index contributed by atoms with van der Waals surface area (Å²) < 4.78 is 0. The van der Waals surface area contributed by atoms with Gasteiger partial charge >= 0.3 is 0 Å². The Hall–Kier alpha value is -6.90. The minimum atomic E-state index is -0.148. The number of nitrogens with zero attached hydrogens (tertiary/aromatic N) is 2. The van der Waals surface area contributed by atoms with Crippen LogP contribution in [-0.2, 0) is 21.7 Å². The minimum Gasteiger partial charge on any atom is -0.310 e. The molecule has 2 nitrogen and oxygen atoms in total. The Labute approximate surface area is 379 Å². The predicted molar refractivity (Wildman–Crippen MR) is 274 cm³/mol. The molecule has 0 unspecified atom stereocenters. The molecule has 0 heterocycles. The van der Waals surface area contributed by atoms with Crippen LogP contribution in [0.1, 0.15) is 77.6 Å². The third-order valence-corrected chi connectivity index (χ3v) is 16.1. The Morgan fingerprint density at radius 1 is 0.281 bits per heavy atom. The summed E-state index contributed by atoms with van der Waals surface area (Å²) in [6.07, 6.45) is 0. The molecule has 0 amide bonds. The second kappa shape index (κ2) is 14.3. The first-order valence-corrected chi connectivity index (χ1v) is 22.9. The van der Waals surface area contributed by atoms with E-state index in [1.165, 1.54) is 77.4 Å². The summed E-state index contributed by atoms with van der Waals surface area (Å²) in [5, 5.41) is 4.87. The van der Waals surface area contributed by atoms with Crippen LogP contribution < -0.4 is 9.80 Å². The highest BCUT2D eigenvalue weighted by Crippen LogP contribution is 2.60. The highest BCUT2D eigenvalue weighted by Gasteiger charge is 2.48. The van der Waals surface area contributed by atoms with Crippen molar-refractivity contribution in [3.63, 3.8) is 0 Å². The zero-order valence-corrected chi connectivity index (χ0v) is 38.4. The van der Waals surface area contributed by atoms with Crippen LogP contribution in [0, 0.1) is 0 Å². The molecule has 314 valence electrons. The number of hydrogen-bond acceptors (Lipinski definition) is 2. The molecule has 2 aliphatic carbocycles. The van der Waals surface area contributed by atoms with Crippen molar-refractivity contribution in [3.05, 3.63) is 216 Å². The maximum Gasteiger partial charge on any atom is 0.0561 e. The lowest BCUT2D eigenvalue weighted by atomic mass is 9.55. The molecular weight excluding hydrogens is 773 g/mol. The van der Waals surface area contributed by atoms with Crippen molar-refractivity contribution < 1.29 is 0 Å². The normalized spacial score (nSPS) is 16.0. The monoisotopic (exact) mass is 828 g/mol. The van der Waals surface area contributed by atoms with E-state index in [4.69, 9.17) is 0 Å². The number of rotatable bonds is 6. The number of hydrogen-bond donors (Lipinski definition) is 0. The Morgan fingerprint density at radius 2 is 0.719 bits per heavy atom. The summed E-state index contributed by atoms with van der Waals surface area (Å²) in [5.41, 5.74) is 17.0. The van der Waals surface area contributed by atoms with Crippen LogP contribution in [0.4, 0.5) is 34.1 Å². The van der Waals surface area contributed by atoms with E-state index in [1.807, 2.05) is 0 Å². The van der Waals surface area contributed by atoms with E-state index < -0.39 is 0 Å². The Balaban J connectivity index is 1.27. The molecule has 2 heteroatoms. The van der Waals surface area contributed by atoms with Gasteiger partial charge in [-0.25, -0.2) is 0 Å². The lowest BCUT2D eigenvalue weighted by Crippen LogP contribution is -2.43. The number of anilines is 6. The van der Waals surface area contributed by atoms with Gasteiger partial charge in [0.1, 0.15) is 0 Å². The van der Waals surface area contributed by atoms with Gasteiger partial charge < -0.3 is 9.80 Å². The van der Waals surface area contributed by atoms with Crippen molar-refractivity contribution in [3.8, 4) is 22.3 Å². The van der Waals surface area contributed by atoms with Gasteiger partial charge in [-0.2, -0.15) is 0 Å². The van der Waals surface area contributed by atoms with Crippen molar-refractivity contribution >= 4 is 55.7 Å². The van der Waals surface area contributed by atoms with E-state index in [0.717, 1.165) is 22.7 Å². The first-order valence-electron chi connectivity index (χ1n) is 22.9. The molecule has 9 aromatic rings. The highest BCUT2D eigenvalue weighted by atomic mass is 15.2. The maximum absolute atomic E-state index is 2.55. The summed E-state index contributed by atoms with van der Waals surface area (Å²) in [6.45, 7) is 19.4. The molecule has 0 aliphatic heterocycles. The Kier molecular flexibility index (Phi) is 8.92. The Bertz CT molecular complexity index is 3280. The van der Waals surface area contributed by atoms with E-state index in [1.54, 1.807) is 0 Å². The van der Waals surface area contributed by atoms with E-state index in [9.17, 15) is 0 Å². The fourth-order valence-corrected chi connectivity index (χ4v) is 11.3. The fraction of sp³-hybridized carbons (Fsp3) is 0.194. The van der Waals surface area contributed by atoms with Crippen molar-refractivity contribution in [1.29, 1.82) is 0 Å². The second-order valence-electron chi connectivity index (χ2n) is 20.2. The molecule has 0 spiro atoms. The third-order valence-electron chi connectivity index (χ3n) is 16.1. The number of fused-ring (bicyclic) bond motifs is 9. The SMILES string of the molecule is CC1(C)c2ccccc2-c2c(N(c3ccccc3)c3cc(N(c4ccccc4)c4cccc5c4-c4ccccc4C(C)(C)C5(C)C)c4ccc5ccccc5c4c3)cccc2C1(C)C. The van der Waals surface area contributed by atoms with Crippen LogP contribution in [0.15, 0.2) is 194 Å². The zero-order chi connectivity index (χ0) is 44.2. The fourth-order valence-electron chi connectivity index (χ4n) is 11.3. The smallest absolute Gasteiger partial charge is 0.0561 e. The van der Waals surface area contributed by atoms with E-state index in [-0.39, 0.29) is 21.7 Å². The summed E-state index contributed by atoms with van der Waals surface area (Å²) in [6, 6.07) is 72.6. The Morgan fingerprint density at radius 3 is 1.28 bits per heavy atom. The summed E-state index contributed by atoms with van der Waals surface area (Å²) in [5.74, 6) is 0. The van der Waals surface area contributed by atoms with Gasteiger partial charge in [-0.05, 0) is 120 Å². The van der Waals surface area contributed by atoms with Gasteiger partial charge in [-0.1, -0.05) is 201 Å². The molecular formula is C62H56N2. The average molecular weight is 829 g/mol. The summed E-state index contributed by atoms with van der Waals surface area (Å²) in [4.78, 5) is 5.08. The van der Waals surface area contributed by atoms with Crippen LogP contribution in [-0.4, -0.2) is 0 Å². The van der Waals surface area contributed by atoms with Crippen LogP contribution >= 0.6 is 0 Å². The second-order valence-corrected chi connectivity index (χ2v) is 20.2. The molecule has 0 saturated carbocycles. The standard InChI is InChI=1S/C62H56N2/c1-59(2)50-31-19-17-29-47(50)57-52(61(59,5)6)33-21-35-54(57)63(42-24-11-9-12-25-42)44-39-49-45-28-16-15-23-41(45)37-38-46(49)56(40-44)64(43-26-13-10-14-27-43)55-36-22-34-53-58(55)48-30-18-20-32-51(48)60(3,4)62(53,7)8/h9-40H,1-8H3. The van der Waals surface area contributed by atoms with Gasteiger partial charge in [0.2, 0.25) is 0 Å². The van der Waals surface area contributed by atoms with Crippen LogP contribution in [0.25, 0.3) is 43.8 Å². The first kappa shape index (κ1) is 39.9. The summed E-state index contributed by atoms with van der Waals surface area (Å²) in [7, 11) is 0. The van der Waals surface area contributed by atoms with Gasteiger partial charge in [0, 0.05) is 33.6 Å². The van der Waals surface area contributed by atoms with E-state index in [2.05, 4.69) is 259 Å². The molecule has 0 radical (unpaired) electrons. The van der Waals surface area contributed by atoms with Gasteiger partial charge in [-0.3, -0.25) is 0 Å². The topological polar surface area (TPSA) is 6.48 Å². The predicted octanol–water partition coefficient (Wildman–Crippen LogP) is 17.4. The molecule has 0 N–H and O–H groups in total. The molecule has 2 aliphatic rings. The van der Waals surface area contributed by atoms with Crippen molar-refractivity contribution in [2.45, 2.75) is 77.0 Å². The first-order chi connectivity index (χ1) is 30.8. The summed E-state index contributed by atoms with van der Waals surface area (Å²) >= 11 is 0. The molecule has 64 heavy (non-hydrogen) atoms. The molecule has 0 aromatic heterocycles. The number of para-hydroxylation sites is 2. The van der Waals surface area contributed by atoms with Crippen LogP contribution in [0.2, 0.25) is 0 Å². The largest absolute Gasteiger partial charge is 0.310 e. The van der Waals surface area contributed by atoms with Gasteiger partial charge in [0.25, 0.3) is 0 Å². The molecule has 0 fully saturated rings. The zero-order valence-electron chi connectivity index (χ0n) is 38.4. The van der Waals surface area contributed by atoms with E-state index >= 15 is 0 Å². The molecule has 9 aromatic carbocycles. The van der Waals surface area contributed by atoms with Crippen molar-refractivity contribution in [2.75, 3.05) is 9.80 Å².